The Morgan fingerprint density at radius 2 is 1.16 bits per heavy atom. The Bertz CT molecular complexity index is 905. The predicted octanol–water partition coefficient (Wildman–Crippen LogP) is -4.28. The molecular weight excluding hydrogens is 502 g/mol. The molecular formula is C19H31N7O11. The van der Waals surface area contributed by atoms with E-state index in [0.29, 0.717) is 6.42 Å². The molecule has 0 aromatic carbocycles. The first kappa shape index (κ1) is 32.5. The molecule has 0 rings (SSSR count). The lowest BCUT2D eigenvalue weighted by Gasteiger charge is -2.24. The van der Waals surface area contributed by atoms with Gasteiger partial charge in [0.2, 0.25) is 17.7 Å². The normalized spacial score (nSPS) is 13.6. The highest BCUT2D eigenvalue weighted by Gasteiger charge is 2.32. The van der Waals surface area contributed by atoms with Crippen LogP contribution in [0.4, 0.5) is 0 Å². The van der Waals surface area contributed by atoms with Gasteiger partial charge in [-0.1, -0.05) is 0 Å². The van der Waals surface area contributed by atoms with Crippen molar-refractivity contribution >= 4 is 47.6 Å². The Kier molecular flexibility index (Phi) is 14.3. The van der Waals surface area contributed by atoms with Gasteiger partial charge in [0.1, 0.15) is 18.1 Å². The molecule has 0 spiro atoms. The fourth-order valence-corrected chi connectivity index (χ4v) is 2.77. The molecule has 208 valence electrons. The van der Waals surface area contributed by atoms with Crippen molar-refractivity contribution in [2.75, 3.05) is 6.54 Å². The molecule has 0 radical (unpaired) electrons. The van der Waals surface area contributed by atoms with Crippen LogP contribution in [-0.4, -0.2) is 98.7 Å². The van der Waals surface area contributed by atoms with E-state index in [1.165, 1.54) is 0 Å². The maximum Gasteiger partial charge on any atom is 0.326 e. The van der Waals surface area contributed by atoms with Gasteiger partial charge < -0.3 is 53.6 Å². The molecule has 3 amide bonds. The fourth-order valence-electron chi connectivity index (χ4n) is 2.77. The molecule has 18 nitrogen and oxygen atoms in total. The summed E-state index contributed by atoms with van der Waals surface area (Å²) >= 11 is 0. The molecule has 0 saturated heterocycles. The molecule has 37 heavy (non-hydrogen) atoms. The van der Waals surface area contributed by atoms with E-state index < -0.39 is 91.4 Å². The summed E-state index contributed by atoms with van der Waals surface area (Å²) in [5, 5.41) is 41.9. The van der Waals surface area contributed by atoms with Gasteiger partial charge in [0.05, 0.1) is 18.9 Å². The lowest BCUT2D eigenvalue weighted by atomic mass is 10.1. The molecule has 0 aliphatic carbocycles. The predicted molar refractivity (Wildman–Crippen MR) is 123 cm³/mol. The highest BCUT2D eigenvalue weighted by molar-refractivity contribution is 5.96. The largest absolute Gasteiger partial charge is 0.481 e. The minimum absolute atomic E-state index is 0.0834. The number of hydrogen-bond acceptors (Lipinski definition) is 9. The highest BCUT2D eigenvalue weighted by atomic mass is 16.4. The SMILES string of the molecule is NC(N)=NCCCC(N)C(=O)NC(CCC(=O)O)C(=O)NC(CC(=O)O)C(=O)NC(CC(=O)O)C(=O)O. The molecule has 13 N–H and O–H groups in total. The number of hydrogen-bond donors (Lipinski definition) is 10. The molecule has 18 heteroatoms. The van der Waals surface area contributed by atoms with Crippen LogP contribution in [0, 0.1) is 0 Å². The summed E-state index contributed by atoms with van der Waals surface area (Å²) in [6.07, 6.45) is -2.77. The number of nitrogens with one attached hydrogen (secondary N) is 3. The van der Waals surface area contributed by atoms with Crippen LogP contribution in [0.2, 0.25) is 0 Å². The summed E-state index contributed by atoms with van der Waals surface area (Å²) < 4.78 is 0. The Hall–Kier alpha value is -4.48. The second-order valence-corrected chi connectivity index (χ2v) is 7.71. The van der Waals surface area contributed by atoms with Gasteiger partial charge in [0, 0.05) is 13.0 Å². The average molecular weight is 533 g/mol. The number of rotatable bonds is 18. The van der Waals surface area contributed by atoms with E-state index in [9.17, 15) is 33.6 Å². The molecule has 0 aliphatic heterocycles. The van der Waals surface area contributed by atoms with E-state index in [-0.39, 0.29) is 18.9 Å². The third-order valence-electron chi connectivity index (χ3n) is 4.59. The van der Waals surface area contributed by atoms with Crippen molar-refractivity contribution in [3.8, 4) is 0 Å². The number of amides is 3. The van der Waals surface area contributed by atoms with Crippen molar-refractivity contribution in [3.05, 3.63) is 0 Å². The number of guanidine groups is 1. The molecule has 4 unspecified atom stereocenters. The van der Waals surface area contributed by atoms with E-state index in [0.717, 1.165) is 0 Å². The molecule has 0 saturated carbocycles. The average Bonchev–Trinajstić information content (AvgIpc) is 2.76. The second kappa shape index (κ2) is 16.2. The van der Waals surface area contributed by atoms with Gasteiger partial charge >= 0.3 is 23.9 Å². The summed E-state index contributed by atoms with van der Waals surface area (Å²) in [5.74, 6) is -9.72. The van der Waals surface area contributed by atoms with Crippen LogP contribution in [0.5, 0.6) is 0 Å². The molecule has 0 fully saturated rings. The smallest absolute Gasteiger partial charge is 0.326 e. The van der Waals surface area contributed by atoms with E-state index in [1.807, 2.05) is 10.6 Å². The zero-order chi connectivity index (χ0) is 28.7. The number of aliphatic carboxylic acids is 4. The third kappa shape index (κ3) is 14.5. The Labute approximate surface area is 209 Å². The number of aliphatic imine (C=N–C) groups is 1. The number of carbonyl (C=O) groups is 7. The Morgan fingerprint density at radius 3 is 1.65 bits per heavy atom. The first-order chi connectivity index (χ1) is 17.1. The number of carbonyl (C=O) groups excluding carboxylic acids is 3. The van der Waals surface area contributed by atoms with Crippen LogP contribution in [-0.2, 0) is 33.6 Å². The fraction of sp³-hybridized carbons (Fsp3) is 0.579. The van der Waals surface area contributed by atoms with E-state index in [1.54, 1.807) is 0 Å². The zero-order valence-corrected chi connectivity index (χ0v) is 19.6. The molecule has 0 aromatic heterocycles. The number of carboxylic acid groups (broad SMARTS) is 4. The second-order valence-electron chi connectivity index (χ2n) is 7.71. The van der Waals surface area contributed by atoms with Gasteiger partial charge in [-0.3, -0.25) is 33.8 Å². The lowest BCUT2D eigenvalue weighted by Crippen LogP contribution is -2.57. The maximum atomic E-state index is 12.8. The quantitative estimate of drug-likeness (QED) is 0.0453. The maximum absolute atomic E-state index is 12.8. The van der Waals surface area contributed by atoms with Crippen molar-refractivity contribution in [2.24, 2.45) is 22.2 Å². The molecule has 0 bridgehead atoms. The third-order valence-corrected chi connectivity index (χ3v) is 4.59. The molecule has 0 aliphatic rings. The van der Waals surface area contributed by atoms with Crippen molar-refractivity contribution < 1.29 is 54.0 Å². The van der Waals surface area contributed by atoms with Crippen molar-refractivity contribution in [2.45, 2.75) is 62.7 Å². The molecule has 4 atom stereocenters. The Morgan fingerprint density at radius 1 is 0.676 bits per heavy atom. The molecule has 0 heterocycles. The zero-order valence-electron chi connectivity index (χ0n) is 19.6. The van der Waals surface area contributed by atoms with Gasteiger partial charge in [0.25, 0.3) is 0 Å². The lowest BCUT2D eigenvalue weighted by molar-refractivity contribution is -0.148. The van der Waals surface area contributed by atoms with Gasteiger partial charge in [-0.05, 0) is 19.3 Å². The van der Waals surface area contributed by atoms with Crippen molar-refractivity contribution in [1.82, 2.24) is 16.0 Å². The molecule has 0 aromatic rings. The summed E-state index contributed by atoms with van der Waals surface area (Å²) in [5.41, 5.74) is 16.1. The van der Waals surface area contributed by atoms with E-state index >= 15 is 0 Å². The highest BCUT2D eigenvalue weighted by Crippen LogP contribution is 2.04. The van der Waals surface area contributed by atoms with Crippen LogP contribution in [0.3, 0.4) is 0 Å². The topological polar surface area (TPSA) is 327 Å². The van der Waals surface area contributed by atoms with Gasteiger partial charge in [-0.2, -0.15) is 0 Å². The summed E-state index contributed by atoms with van der Waals surface area (Å²) in [7, 11) is 0. The summed E-state index contributed by atoms with van der Waals surface area (Å²) in [6.45, 7) is 0.164. The summed E-state index contributed by atoms with van der Waals surface area (Å²) in [6, 6.07) is -6.54. The number of nitrogens with zero attached hydrogens (tertiary/aromatic N) is 1. The number of nitrogens with two attached hydrogens (primary N) is 3. The summed E-state index contributed by atoms with van der Waals surface area (Å²) in [4.78, 5) is 85.5. The van der Waals surface area contributed by atoms with E-state index in [2.05, 4.69) is 10.3 Å². The van der Waals surface area contributed by atoms with E-state index in [4.69, 9.17) is 37.6 Å². The number of carboxylic acids is 4. The minimum Gasteiger partial charge on any atom is -0.481 e. The monoisotopic (exact) mass is 533 g/mol. The standard InChI is InChI=1S/C19H31N7O11/c20-8(2-1-5-23-19(21)22)15(33)24-9(3-4-12(27)28)16(34)25-10(6-13(29)30)17(35)26-11(18(36)37)7-14(31)32/h8-11H,1-7,20H2,(H,24,33)(H,25,34)(H,26,35)(H,27,28)(H,29,30)(H,31,32)(H,36,37)(H4,21,22,23). The van der Waals surface area contributed by atoms with Crippen molar-refractivity contribution in [3.63, 3.8) is 0 Å². The van der Waals surface area contributed by atoms with Crippen LogP contribution in [0.1, 0.15) is 38.5 Å². The Balaban J connectivity index is 5.52. The first-order valence-electron chi connectivity index (χ1n) is 10.7. The van der Waals surface area contributed by atoms with Crippen LogP contribution in [0.15, 0.2) is 4.99 Å². The minimum atomic E-state index is -1.93. The first-order valence-corrected chi connectivity index (χ1v) is 10.7. The van der Waals surface area contributed by atoms with Gasteiger partial charge in [-0.25, -0.2) is 4.79 Å². The van der Waals surface area contributed by atoms with Crippen LogP contribution < -0.4 is 33.2 Å². The van der Waals surface area contributed by atoms with Gasteiger partial charge in [0.15, 0.2) is 5.96 Å². The van der Waals surface area contributed by atoms with Gasteiger partial charge in [-0.15, -0.1) is 0 Å². The van der Waals surface area contributed by atoms with Crippen molar-refractivity contribution in [1.29, 1.82) is 0 Å². The van der Waals surface area contributed by atoms with Crippen LogP contribution >= 0.6 is 0 Å². The van der Waals surface area contributed by atoms with Crippen LogP contribution in [0.25, 0.3) is 0 Å².